The van der Waals surface area contributed by atoms with Crippen molar-refractivity contribution < 1.29 is 43.1 Å². The number of thioether (sulfide) groups is 2. The van der Waals surface area contributed by atoms with E-state index in [1.54, 1.807) is 0 Å². The number of carbonyl (C=O) groups excluding carboxylic acids is 8. The minimum atomic E-state index is -0.966. The molecule has 17 heteroatoms. The molecular formula is C47H74N6O9S2. The van der Waals surface area contributed by atoms with Gasteiger partial charge in [0.1, 0.15) is 24.2 Å². The number of likely N-dealkylation sites (tertiary alicyclic amines) is 1. The van der Waals surface area contributed by atoms with Crippen LogP contribution < -0.4 is 21.3 Å². The molecule has 7 amide bonds. The monoisotopic (exact) mass is 930 g/mol. The molecule has 0 bridgehead atoms. The lowest BCUT2D eigenvalue weighted by Crippen LogP contribution is -2.57. The maximum atomic E-state index is 14.0. The van der Waals surface area contributed by atoms with Crippen molar-refractivity contribution in [2.45, 2.75) is 143 Å². The molecule has 1 saturated heterocycles. The molecule has 0 aromatic heterocycles. The standard InChI is InChI=1S/C47H74N6O9S2/c1-32(2)15-12-16-34(5)17-13-18-35(6)23-28-64-31-38(47(61)62-7)51-45(59)39-19-14-26-52(39)46(60)37(29-33(3)4)50-41(55)30-48-44(58)36(24-27-63-8)49-40(54)20-10-9-11-25-53-42(56)21-22-43(53)57/h15,17,21-23,33,36-39H,9-14,16,18-20,24-31H2,1-8H3,(H,48,58)(H,49,54)(H,50,55)(H,51,59)/b34-17+,35-23+/t36-,37-,38-,39-/m0/s1. The summed E-state index contributed by atoms with van der Waals surface area (Å²) in [7, 11) is 1.27. The molecule has 2 aliphatic heterocycles. The zero-order chi connectivity index (χ0) is 47.6. The Morgan fingerprint density at radius 3 is 2.12 bits per heavy atom. The van der Waals surface area contributed by atoms with Crippen LogP contribution in [-0.2, 0) is 43.1 Å². The largest absolute Gasteiger partial charge is 0.467 e. The van der Waals surface area contributed by atoms with Gasteiger partial charge in [-0.05, 0) is 110 Å². The Hall–Kier alpha value is -4.38. The number of methoxy groups -OCH3 is 1. The second-order valence-corrected chi connectivity index (χ2v) is 19.2. The zero-order valence-electron chi connectivity index (χ0n) is 39.4. The summed E-state index contributed by atoms with van der Waals surface area (Å²) in [4.78, 5) is 106. The number of ether oxygens (including phenoxy) is 1. The van der Waals surface area contributed by atoms with E-state index >= 15 is 0 Å². The van der Waals surface area contributed by atoms with Crippen molar-refractivity contribution in [2.75, 3.05) is 50.3 Å². The van der Waals surface area contributed by atoms with E-state index < -0.39 is 60.3 Å². The van der Waals surface area contributed by atoms with Crippen molar-refractivity contribution in [3.63, 3.8) is 0 Å². The smallest absolute Gasteiger partial charge is 0.329 e. The van der Waals surface area contributed by atoms with Gasteiger partial charge in [0.2, 0.25) is 29.5 Å². The van der Waals surface area contributed by atoms with Gasteiger partial charge in [-0.25, -0.2) is 4.79 Å². The van der Waals surface area contributed by atoms with Crippen LogP contribution in [0, 0.1) is 5.92 Å². The van der Waals surface area contributed by atoms with Crippen LogP contribution in [0.25, 0.3) is 0 Å². The van der Waals surface area contributed by atoms with Crippen LogP contribution in [-0.4, -0.2) is 132 Å². The first kappa shape index (κ1) is 55.8. The highest BCUT2D eigenvalue weighted by atomic mass is 32.2. The third kappa shape index (κ3) is 21.5. The molecule has 0 saturated carbocycles. The van der Waals surface area contributed by atoms with Crippen molar-refractivity contribution in [3.05, 3.63) is 47.1 Å². The minimum absolute atomic E-state index is 0.00339. The minimum Gasteiger partial charge on any atom is -0.467 e. The molecule has 358 valence electrons. The van der Waals surface area contributed by atoms with Gasteiger partial charge in [0.05, 0.1) is 13.7 Å². The Morgan fingerprint density at radius 1 is 0.828 bits per heavy atom. The number of esters is 1. The van der Waals surface area contributed by atoms with Crippen LogP contribution in [0.1, 0.15) is 119 Å². The molecule has 0 spiro atoms. The van der Waals surface area contributed by atoms with Crippen molar-refractivity contribution in [1.29, 1.82) is 0 Å². The molecule has 0 radical (unpaired) electrons. The predicted molar refractivity (Wildman–Crippen MR) is 255 cm³/mol. The second kappa shape index (κ2) is 30.7. The quantitative estimate of drug-likeness (QED) is 0.0321. The number of rotatable bonds is 30. The van der Waals surface area contributed by atoms with Gasteiger partial charge in [-0.2, -0.15) is 23.5 Å². The molecule has 15 nitrogen and oxygen atoms in total. The lowest BCUT2D eigenvalue weighted by Gasteiger charge is -2.30. The van der Waals surface area contributed by atoms with Gasteiger partial charge in [0, 0.05) is 43.2 Å². The van der Waals surface area contributed by atoms with Crippen molar-refractivity contribution >= 4 is 70.8 Å². The van der Waals surface area contributed by atoms with E-state index in [-0.39, 0.29) is 48.8 Å². The zero-order valence-corrected chi connectivity index (χ0v) is 41.0. The van der Waals surface area contributed by atoms with E-state index in [1.807, 2.05) is 20.1 Å². The number of hydrogen-bond acceptors (Lipinski definition) is 11. The first-order valence-electron chi connectivity index (χ1n) is 22.6. The van der Waals surface area contributed by atoms with Crippen LogP contribution in [0.15, 0.2) is 47.1 Å². The normalized spacial score (nSPS) is 16.7. The highest BCUT2D eigenvalue weighted by Crippen LogP contribution is 2.22. The van der Waals surface area contributed by atoms with Crippen molar-refractivity contribution in [2.24, 2.45) is 5.92 Å². The molecule has 4 N–H and O–H groups in total. The van der Waals surface area contributed by atoms with E-state index in [0.29, 0.717) is 56.6 Å². The Balaban J connectivity index is 1.93. The Kier molecular flexibility index (Phi) is 26.7. The highest BCUT2D eigenvalue weighted by Gasteiger charge is 2.39. The van der Waals surface area contributed by atoms with E-state index in [9.17, 15) is 38.4 Å². The maximum Gasteiger partial charge on any atom is 0.329 e. The van der Waals surface area contributed by atoms with Crippen LogP contribution in [0.3, 0.4) is 0 Å². The van der Waals surface area contributed by atoms with Crippen LogP contribution in [0.4, 0.5) is 0 Å². The van der Waals surface area contributed by atoms with E-state index in [1.165, 1.54) is 64.4 Å². The van der Waals surface area contributed by atoms with Gasteiger partial charge in [0.15, 0.2) is 0 Å². The Labute approximate surface area is 389 Å². The average molecular weight is 931 g/mol. The number of carbonyl (C=O) groups is 8. The molecule has 2 heterocycles. The third-order valence-corrected chi connectivity index (χ3v) is 12.4. The first-order valence-corrected chi connectivity index (χ1v) is 25.1. The summed E-state index contributed by atoms with van der Waals surface area (Å²) < 4.78 is 5.01. The lowest BCUT2D eigenvalue weighted by atomic mass is 10.0. The molecule has 0 unspecified atom stereocenters. The number of imide groups is 1. The van der Waals surface area contributed by atoms with Gasteiger partial charge in [-0.3, -0.25) is 38.5 Å². The lowest BCUT2D eigenvalue weighted by molar-refractivity contribution is -0.146. The summed E-state index contributed by atoms with van der Waals surface area (Å²) in [6, 6.07) is -3.60. The van der Waals surface area contributed by atoms with Gasteiger partial charge >= 0.3 is 5.97 Å². The fourth-order valence-electron chi connectivity index (χ4n) is 7.19. The molecule has 0 aromatic rings. The van der Waals surface area contributed by atoms with E-state index in [0.717, 1.165) is 30.6 Å². The number of nitrogens with zero attached hydrogens (tertiary/aromatic N) is 2. The van der Waals surface area contributed by atoms with Crippen LogP contribution in [0.2, 0.25) is 0 Å². The number of amides is 7. The first-order chi connectivity index (χ1) is 30.5. The fraction of sp³-hybridized carbons (Fsp3) is 0.660. The average Bonchev–Trinajstić information content (AvgIpc) is 3.87. The van der Waals surface area contributed by atoms with Crippen molar-refractivity contribution in [3.8, 4) is 0 Å². The SMILES string of the molecule is COC(=O)[C@H](CSC/C=C(\C)CC/C=C(\C)CCC=C(C)C)NC(=O)[C@@H]1CCCN1C(=O)[C@H](CC(C)C)NC(=O)CNC(=O)[C@H](CCSC)NC(=O)CCCCCN1C(=O)C=CC1=O. The van der Waals surface area contributed by atoms with Crippen LogP contribution >= 0.6 is 23.5 Å². The van der Waals surface area contributed by atoms with Gasteiger partial charge in [-0.1, -0.05) is 55.2 Å². The Bertz CT molecular complexity index is 1710. The number of nitrogens with one attached hydrogen (secondary N) is 4. The molecule has 2 rings (SSSR count). The van der Waals surface area contributed by atoms with Gasteiger partial charge in [0.25, 0.3) is 11.8 Å². The fourth-order valence-corrected chi connectivity index (χ4v) is 8.66. The summed E-state index contributed by atoms with van der Waals surface area (Å²) in [5.41, 5.74) is 3.96. The second-order valence-electron chi connectivity index (χ2n) is 17.1. The summed E-state index contributed by atoms with van der Waals surface area (Å²) in [5, 5.41) is 10.9. The maximum absolute atomic E-state index is 14.0. The number of unbranched alkanes of at least 4 members (excludes halogenated alkanes) is 2. The summed E-state index contributed by atoms with van der Waals surface area (Å²) in [6.07, 6.45) is 18.4. The topological polar surface area (TPSA) is 200 Å². The van der Waals surface area contributed by atoms with Gasteiger partial charge < -0.3 is 30.9 Å². The van der Waals surface area contributed by atoms with Crippen molar-refractivity contribution in [1.82, 2.24) is 31.1 Å². The number of hydrogen-bond donors (Lipinski definition) is 4. The molecular weight excluding hydrogens is 857 g/mol. The molecule has 1 fully saturated rings. The van der Waals surface area contributed by atoms with E-state index in [2.05, 4.69) is 67.2 Å². The van der Waals surface area contributed by atoms with Crippen LogP contribution in [0.5, 0.6) is 0 Å². The molecule has 0 aliphatic carbocycles. The molecule has 4 atom stereocenters. The Morgan fingerprint density at radius 2 is 1.48 bits per heavy atom. The molecule has 0 aromatic carbocycles. The number of allylic oxidation sites excluding steroid dienone is 5. The summed E-state index contributed by atoms with van der Waals surface area (Å²) in [6.45, 7) is 12.4. The summed E-state index contributed by atoms with van der Waals surface area (Å²) in [5.74, 6) is -2.08. The van der Waals surface area contributed by atoms with Gasteiger partial charge in [-0.15, -0.1) is 0 Å². The highest BCUT2D eigenvalue weighted by molar-refractivity contribution is 7.99. The van der Waals surface area contributed by atoms with E-state index in [4.69, 9.17) is 4.74 Å². The molecule has 2 aliphatic rings. The molecule has 64 heavy (non-hydrogen) atoms. The predicted octanol–water partition coefficient (Wildman–Crippen LogP) is 5.16. The third-order valence-electron chi connectivity index (χ3n) is 10.8. The summed E-state index contributed by atoms with van der Waals surface area (Å²) >= 11 is 3.01.